The van der Waals surface area contributed by atoms with E-state index in [9.17, 15) is 9.59 Å². The summed E-state index contributed by atoms with van der Waals surface area (Å²) in [4.78, 5) is 40.1. The molecule has 1 aromatic rings. The van der Waals surface area contributed by atoms with Gasteiger partial charge in [-0.2, -0.15) is 0 Å². The van der Waals surface area contributed by atoms with Crippen molar-refractivity contribution in [1.82, 2.24) is 39.6 Å². The second-order valence-corrected chi connectivity index (χ2v) is 19.7. The van der Waals surface area contributed by atoms with E-state index in [0.717, 1.165) is 93.7 Å². The molecule has 0 atom stereocenters. The van der Waals surface area contributed by atoms with Crippen LogP contribution in [0, 0.1) is 18.3 Å². The van der Waals surface area contributed by atoms with Crippen molar-refractivity contribution in [3.63, 3.8) is 0 Å². The Kier molecular flexibility index (Phi) is 33.2. The molecule has 1 aliphatic carbocycles. The molecule has 2 amide bonds. The third-order valence-corrected chi connectivity index (χ3v) is 13.3. The van der Waals surface area contributed by atoms with Crippen LogP contribution in [0.25, 0.3) is 0 Å². The summed E-state index contributed by atoms with van der Waals surface area (Å²) in [5.41, 5.74) is 5.73. The number of nitrogens with one attached hydrogen (secondary N) is 1. The molecule has 4 aliphatic heterocycles. The van der Waals surface area contributed by atoms with E-state index in [1.54, 1.807) is 0 Å². The maximum Gasteiger partial charge on any atom is 0.260 e. The number of amides is 2. The molecule has 1 N–H and O–H groups in total. The number of likely N-dealkylation sites (N-methyl/N-ethyl adjacent to an activating group) is 3. The molecule has 0 unspecified atom stereocenters. The van der Waals surface area contributed by atoms with Crippen LogP contribution in [0.1, 0.15) is 108 Å². The number of piperazine rings is 3. The monoisotopic (exact) mass is 953 g/mol. The highest BCUT2D eigenvalue weighted by molar-refractivity contribution is 5.78. The van der Waals surface area contributed by atoms with Gasteiger partial charge in [-0.05, 0) is 136 Å². The van der Waals surface area contributed by atoms with Crippen molar-refractivity contribution in [3.05, 3.63) is 65.3 Å². The molecule has 12 nitrogen and oxygen atoms in total. The number of carbonyl (C=O) groups is 2. The third kappa shape index (κ3) is 25.7. The SMILES string of the molecule is C=C(C=C(C)C)CNC.CC.CC=C(C)C.CCN1CCN(C(=O)COc2cccc(C)c2)CC1.CCN1CCN(CC2CC3(C2)CN(CC)C3)CC1.CCOCC(=O)N1CCN(C(C)C)CC1. The van der Waals surface area contributed by atoms with E-state index in [0.29, 0.717) is 12.6 Å². The van der Waals surface area contributed by atoms with Gasteiger partial charge in [-0.15, -0.1) is 0 Å². The maximum absolute atomic E-state index is 12.0. The first-order valence-corrected chi connectivity index (χ1v) is 26.5. The molecule has 4 heterocycles. The van der Waals surface area contributed by atoms with Gasteiger partial charge in [0.1, 0.15) is 12.4 Å². The number of benzene rings is 1. The summed E-state index contributed by atoms with van der Waals surface area (Å²) in [5.74, 6) is 1.98. The molecule has 0 aromatic heterocycles. The second-order valence-electron chi connectivity index (χ2n) is 19.7. The van der Waals surface area contributed by atoms with E-state index in [-0.39, 0.29) is 25.0 Å². The first-order valence-electron chi connectivity index (χ1n) is 26.5. The van der Waals surface area contributed by atoms with Gasteiger partial charge in [-0.25, -0.2) is 0 Å². The predicted octanol–water partition coefficient (Wildman–Crippen LogP) is 8.20. The molecule has 1 aromatic carbocycles. The van der Waals surface area contributed by atoms with Crippen LogP contribution >= 0.6 is 0 Å². The molecule has 12 heteroatoms. The topological polar surface area (TPSA) is 87.3 Å². The van der Waals surface area contributed by atoms with Crippen LogP contribution in [0.4, 0.5) is 0 Å². The average Bonchev–Trinajstić information content (AvgIpc) is 3.32. The molecular weight excluding hydrogens is 849 g/mol. The fourth-order valence-corrected chi connectivity index (χ4v) is 9.04. The number of likely N-dealkylation sites (tertiary alicyclic amines) is 1. The number of hydrogen-bond acceptors (Lipinski definition) is 10. The standard InChI is InChI=1S/C15H29N3.C15H22N2O2.C11H22N2O2.C8H15N.C5H10.C2H6/c1-3-16-5-7-18(8-6-16)11-14-9-15(10-14)12-17(4-2)13-15;1-3-16-7-9-17(10-8-16)15(18)12-19-14-6-4-5-13(2)11-14;1-4-15-9-11(14)13-7-5-12(6-8-13)10(2)3;1-7(2)5-8(3)6-9-4;1-4-5(2)3;1-2/h14H,3-13H2,1-2H3;4-6,11H,3,7-10,12H2,1-2H3;10H,4-9H2,1-3H3;5,9H,3,6H2,1-2,4H3;4H,1-3H3;1-2H3. The van der Waals surface area contributed by atoms with Crippen molar-refractivity contribution in [1.29, 1.82) is 0 Å². The summed E-state index contributed by atoms with van der Waals surface area (Å²) in [6.45, 7) is 55.2. The van der Waals surface area contributed by atoms with Crippen LogP contribution in [0.5, 0.6) is 5.75 Å². The number of ether oxygens (including phenoxy) is 2. The van der Waals surface area contributed by atoms with Gasteiger partial charge in [0.2, 0.25) is 5.91 Å². The molecule has 0 radical (unpaired) electrons. The molecule has 5 aliphatic rings. The van der Waals surface area contributed by atoms with Crippen LogP contribution in [0.2, 0.25) is 0 Å². The largest absolute Gasteiger partial charge is 0.484 e. The lowest BCUT2D eigenvalue weighted by atomic mass is 9.57. The normalized spacial score (nSPS) is 18.5. The van der Waals surface area contributed by atoms with Gasteiger partial charge in [0.15, 0.2) is 6.61 Å². The lowest BCUT2D eigenvalue weighted by Crippen LogP contribution is -2.63. The number of aryl methyl sites for hydroxylation is 1. The van der Waals surface area contributed by atoms with E-state index in [1.807, 2.05) is 75.7 Å². The lowest BCUT2D eigenvalue weighted by Gasteiger charge is -2.60. The molecule has 6 rings (SSSR count). The second kappa shape index (κ2) is 35.9. The number of hydrogen-bond donors (Lipinski definition) is 1. The number of carbonyl (C=O) groups excluding carboxylic acids is 2. The zero-order valence-electron chi connectivity index (χ0n) is 46.6. The van der Waals surface area contributed by atoms with E-state index in [1.165, 1.54) is 82.9 Å². The fourth-order valence-electron chi connectivity index (χ4n) is 9.04. The fraction of sp³-hybridized carbons (Fsp3) is 0.750. The van der Waals surface area contributed by atoms with Crippen molar-refractivity contribution >= 4 is 11.8 Å². The summed E-state index contributed by atoms with van der Waals surface area (Å²) < 4.78 is 10.7. The van der Waals surface area contributed by atoms with Gasteiger partial charge in [0.05, 0.1) is 0 Å². The minimum Gasteiger partial charge on any atom is -0.484 e. The molecule has 0 bridgehead atoms. The molecule has 68 heavy (non-hydrogen) atoms. The number of rotatable bonds is 15. The van der Waals surface area contributed by atoms with Crippen LogP contribution < -0.4 is 10.1 Å². The van der Waals surface area contributed by atoms with Gasteiger partial charge < -0.3 is 44.2 Å². The Hall–Kier alpha value is -3.10. The Bertz CT molecular complexity index is 1550. The Labute approximate surface area is 418 Å². The molecule has 5 fully saturated rings. The van der Waals surface area contributed by atoms with Crippen molar-refractivity contribution < 1.29 is 19.1 Å². The maximum atomic E-state index is 12.0. The summed E-state index contributed by atoms with van der Waals surface area (Å²) in [6.07, 6.45) is 7.19. The lowest BCUT2D eigenvalue weighted by molar-refractivity contribution is -0.138. The van der Waals surface area contributed by atoms with Gasteiger partial charge in [0.25, 0.3) is 5.91 Å². The van der Waals surface area contributed by atoms with Crippen molar-refractivity contribution in [2.24, 2.45) is 11.3 Å². The summed E-state index contributed by atoms with van der Waals surface area (Å²) in [5, 5.41) is 3.03. The molecular formula is C56H104N8O4. The van der Waals surface area contributed by atoms with Crippen molar-refractivity contribution in [2.75, 3.05) is 151 Å². The van der Waals surface area contributed by atoms with Crippen LogP contribution in [-0.4, -0.2) is 203 Å². The Morgan fingerprint density at radius 2 is 1.24 bits per heavy atom. The van der Waals surface area contributed by atoms with Crippen LogP contribution in [0.3, 0.4) is 0 Å². The minimum absolute atomic E-state index is 0.0808. The Balaban J connectivity index is 0.000000444. The van der Waals surface area contributed by atoms with E-state index in [2.05, 4.69) is 111 Å². The third-order valence-electron chi connectivity index (χ3n) is 13.3. The predicted molar refractivity (Wildman–Crippen MR) is 290 cm³/mol. The Morgan fingerprint density at radius 3 is 1.68 bits per heavy atom. The van der Waals surface area contributed by atoms with Crippen LogP contribution in [-0.2, 0) is 14.3 Å². The van der Waals surface area contributed by atoms with E-state index < -0.39 is 0 Å². The first-order chi connectivity index (χ1) is 32.5. The summed E-state index contributed by atoms with van der Waals surface area (Å²) in [6, 6.07) is 8.36. The van der Waals surface area contributed by atoms with Crippen molar-refractivity contribution in [2.45, 2.75) is 116 Å². The quantitative estimate of drug-likeness (QED) is 0.137. The van der Waals surface area contributed by atoms with Gasteiger partial charge in [-0.1, -0.05) is 76.6 Å². The van der Waals surface area contributed by atoms with Crippen LogP contribution in [0.15, 0.2) is 59.7 Å². The number of nitrogens with zero attached hydrogens (tertiary/aromatic N) is 7. The number of allylic oxidation sites excluding steroid dienone is 3. The van der Waals surface area contributed by atoms with Crippen molar-refractivity contribution in [3.8, 4) is 5.75 Å². The molecule has 1 saturated carbocycles. The highest BCUT2D eigenvalue weighted by Crippen LogP contribution is 2.51. The Morgan fingerprint density at radius 1 is 0.750 bits per heavy atom. The van der Waals surface area contributed by atoms with Gasteiger partial charge in [-0.3, -0.25) is 14.5 Å². The zero-order valence-corrected chi connectivity index (χ0v) is 46.6. The van der Waals surface area contributed by atoms with Gasteiger partial charge >= 0.3 is 0 Å². The minimum atomic E-state index is 0.0808. The van der Waals surface area contributed by atoms with E-state index in [4.69, 9.17) is 9.47 Å². The highest BCUT2D eigenvalue weighted by Gasteiger charge is 2.51. The molecule has 1 spiro atoms. The average molecular weight is 953 g/mol. The highest BCUT2D eigenvalue weighted by atomic mass is 16.5. The van der Waals surface area contributed by atoms with Gasteiger partial charge in [0, 0.05) is 117 Å². The summed E-state index contributed by atoms with van der Waals surface area (Å²) >= 11 is 0. The summed E-state index contributed by atoms with van der Waals surface area (Å²) in [7, 11) is 1.92. The molecule has 392 valence electrons. The first kappa shape index (κ1) is 62.9. The molecule has 4 saturated heterocycles. The smallest absolute Gasteiger partial charge is 0.260 e. The van der Waals surface area contributed by atoms with E-state index >= 15 is 0 Å². The zero-order chi connectivity index (χ0) is 51.1.